The average molecular weight is 259 g/mol. The molecule has 0 amide bonds. The molecule has 98 valence electrons. The fourth-order valence-corrected chi connectivity index (χ4v) is 1.76. The van der Waals surface area contributed by atoms with Gasteiger partial charge in [-0.25, -0.2) is 0 Å². The molecule has 6 heteroatoms. The summed E-state index contributed by atoms with van der Waals surface area (Å²) in [6.45, 7) is 0.496. The van der Waals surface area contributed by atoms with Gasteiger partial charge in [-0.1, -0.05) is 6.07 Å². The second kappa shape index (κ2) is 5.45. The van der Waals surface area contributed by atoms with Crippen LogP contribution in [0.5, 0.6) is 0 Å². The number of pyridine rings is 1. The molecule has 0 saturated heterocycles. The molecule has 0 aliphatic carbocycles. The lowest BCUT2D eigenvalue weighted by molar-refractivity contribution is -0.384. The van der Waals surface area contributed by atoms with Crippen LogP contribution in [0.1, 0.15) is 5.56 Å². The molecule has 1 aromatic carbocycles. The van der Waals surface area contributed by atoms with Crippen molar-refractivity contribution in [3.8, 4) is 11.3 Å². The minimum atomic E-state index is -0.456. The standard InChI is InChI=1S/C13H13N3O3/c1-14-8-10-4-7-12(15-13(10)17)9-2-5-11(6-3-9)16(18)19/h2-7,14H,8H2,1H3,(H,15,17). The van der Waals surface area contributed by atoms with Gasteiger partial charge in [-0.3, -0.25) is 14.9 Å². The van der Waals surface area contributed by atoms with Gasteiger partial charge in [0, 0.05) is 29.9 Å². The molecule has 0 atom stereocenters. The highest BCUT2D eigenvalue weighted by Gasteiger charge is 2.06. The van der Waals surface area contributed by atoms with Crippen molar-refractivity contribution in [2.75, 3.05) is 7.05 Å². The molecule has 1 heterocycles. The molecular weight excluding hydrogens is 246 g/mol. The zero-order chi connectivity index (χ0) is 13.8. The zero-order valence-electron chi connectivity index (χ0n) is 10.3. The number of nitrogens with zero attached hydrogens (tertiary/aromatic N) is 1. The maximum absolute atomic E-state index is 11.8. The van der Waals surface area contributed by atoms with Gasteiger partial charge in [0.05, 0.1) is 4.92 Å². The van der Waals surface area contributed by atoms with Gasteiger partial charge in [0.2, 0.25) is 0 Å². The van der Waals surface area contributed by atoms with Crippen molar-refractivity contribution >= 4 is 5.69 Å². The Balaban J connectivity index is 2.34. The molecule has 2 aromatic rings. The predicted octanol–water partition coefficient (Wildman–Crippen LogP) is 1.67. The topological polar surface area (TPSA) is 88.0 Å². The summed E-state index contributed by atoms with van der Waals surface area (Å²) in [7, 11) is 1.77. The quantitative estimate of drug-likeness (QED) is 0.645. The third kappa shape index (κ3) is 2.86. The molecular formula is C13H13N3O3. The first-order valence-corrected chi connectivity index (χ1v) is 5.73. The van der Waals surface area contributed by atoms with Crippen LogP contribution in [0.25, 0.3) is 11.3 Å². The van der Waals surface area contributed by atoms with Crippen LogP contribution < -0.4 is 10.9 Å². The highest BCUT2D eigenvalue weighted by molar-refractivity contribution is 5.60. The van der Waals surface area contributed by atoms with Crippen molar-refractivity contribution in [3.63, 3.8) is 0 Å². The summed E-state index contributed by atoms with van der Waals surface area (Å²) in [6.07, 6.45) is 0. The largest absolute Gasteiger partial charge is 0.322 e. The zero-order valence-corrected chi connectivity index (χ0v) is 10.3. The summed E-state index contributed by atoms with van der Waals surface area (Å²) in [6, 6.07) is 9.58. The third-order valence-electron chi connectivity index (χ3n) is 2.75. The van der Waals surface area contributed by atoms with E-state index in [1.807, 2.05) is 0 Å². The number of H-pyrrole nitrogens is 1. The molecule has 0 spiro atoms. The van der Waals surface area contributed by atoms with E-state index >= 15 is 0 Å². The van der Waals surface area contributed by atoms with Crippen molar-refractivity contribution in [2.24, 2.45) is 0 Å². The van der Waals surface area contributed by atoms with Crippen LogP contribution in [0, 0.1) is 10.1 Å². The van der Waals surface area contributed by atoms with E-state index in [0.717, 1.165) is 5.56 Å². The number of rotatable bonds is 4. The highest BCUT2D eigenvalue weighted by atomic mass is 16.6. The summed E-state index contributed by atoms with van der Waals surface area (Å²) in [5.41, 5.74) is 1.88. The van der Waals surface area contributed by atoms with E-state index in [1.165, 1.54) is 12.1 Å². The lowest BCUT2D eigenvalue weighted by atomic mass is 10.1. The molecule has 2 N–H and O–H groups in total. The molecule has 0 fully saturated rings. The van der Waals surface area contributed by atoms with Gasteiger partial charge in [0.1, 0.15) is 0 Å². The van der Waals surface area contributed by atoms with Crippen LogP contribution in [0.2, 0.25) is 0 Å². The maximum Gasteiger partial charge on any atom is 0.269 e. The van der Waals surface area contributed by atoms with E-state index in [9.17, 15) is 14.9 Å². The van der Waals surface area contributed by atoms with Gasteiger partial charge in [0.15, 0.2) is 0 Å². The summed E-state index contributed by atoms with van der Waals surface area (Å²) < 4.78 is 0. The molecule has 0 unspecified atom stereocenters. The second-order valence-electron chi connectivity index (χ2n) is 4.06. The minimum absolute atomic E-state index is 0.0258. The molecule has 0 radical (unpaired) electrons. The Bertz CT molecular complexity index is 647. The third-order valence-corrected chi connectivity index (χ3v) is 2.75. The first kappa shape index (κ1) is 13.0. The molecule has 19 heavy (non-hydrogen) atoms. The predicted molar refractivity (Wildman–Crippen MR) is 71.9 cm³/mol. The van der Waals surface area contributed by atoms with Gasteiger partial charge in [0.25, 0.3) is 11.2 Å². The molecule has 0 saturated carbocycles. The Hall–Kier alpha value is -2.47. The van der Waals surface area contributed by atoms with E-state index in [1.54, 1.807) is 31.3 Å². The van der Waals surface area contributed by atoms with Gasteiger partial charge < -0.3 is 10.3 Å². The molecule has 0 aliphatic rings. The van der Waals surface area contributed by atoms with E-state index < -0.39 is 4.92 Å². The van der Waals surface area contributed by atoms with Gasteiger partial charge in [-0.05, 0) is 30.8 Å². The fraction of sp³-hybridized carbons (Fsp3) is 0.154. The molecule has 6 nitrogen and oxygen atoms in total. The van der Waals surface area contributed by atoms with E-state index in [0.29, 0.717) is 17.8 Å². The maximum atomic E-state index is 11.8. The number of nitro benzene ring substituents is 1. The normalized spacial score (nSPS) is 10.4. The Morgan fingerprint density at radius 1 is 1.21 bits per heavy atom. The second-order valence-corrected chi connectivity index (χ2v) is 4.06. The summed E-state index contributed by atoms with van der Waals surface area (Å²) >= 11 is 0. The molecule has 0 bridgehead atoms. The van der Waals surface area contributed by atoms with Crippen LogP contribution in [0.4, 0.5) is 5.69 Å². The minimum Gasteiger partial charge on any atom is -0.322 e. The number of benzene rings is 1. The first-order valence-electron chi connectivity index (χ1n) is 5.73. The van der Waals surface area contributed by atoms with Crippen molar-refractivity contribution in [1.82, 2.24) is 10.3 Å². The number of nitrogens with one attached hydrogen (secondary N) is 2. The Morgan fingerprint density at radius 2 is 1.89 bits per heavy atom. The Labute approximate surface area is 109 Å². The van der Waals surface area contributed by atoms with Crippen molar-refractivity contribution in [3.05, 3.63) is 62.4 Å². The molecule has 0 aliphatic heterocycles. The summed E-state index contributed by atoms with van der Waals surface area (Å²) in [4.78, 5) is 24.6. The van der Waals surface area contributed by atoms with Gasteiger partial charge >= 0.3 is 0 Å². The van der Waals surface area contributed by atoms with Crippen molar-refractivity contribution in [1.29, 1.82) is 0 Å². The number of hydrogen-bond donors (Lipinski definition) is 2. The van der Waals surface area contributed by atoms with E-state index in [4.69, 9.17) is 0 Å². The average Bonchev–Trinajstić information content (AvgIpc) is 2.41. The number of aromatic amines is 1. The number of non-ortho nitro benzene ring substituents is 1. The van der Waals surface area contributed by atoms with Crippen LogP contribution >= 0.6 is 0 Å². The van der Waals surface area contributed by atoms with Gasteiger partial charge in [-0.15, -0.1) is 0 Å². The Morgan fingerprint density at radius 3 is 2.42 bits per heavy atom. The van der Waals surface area contributed by atoms with Crippen LogP contribution in [0.3, 0.4) is 0 Å². The number of hydrogen-bond acceptors (Lipinski definition) is 4. The van der Waals surface area contributed by atoms with E-state index in [-0.39, 0.29) is 11.2 Å². The van der Waals surface area contributed by atoms with Crippen LogP contribution in [-0.2, 0) is 6.54 Å². The molecule has 1 aromatic heterocycles. The Kier molecular flexibility index (Phi) is 3.72. The highest BCUT2D eigenvalue weighted by Crippen LogP contribution is 2.19. The van der Waals surface area contributed by atoms with Gasteiger partial charge in [-0.2, -0.15) is 0 Å². The summed E-state index contributed by atoms with van der Waals surface area (Å²) in [5, 5.41) is 13.5. The monoisotopic (exact) mass is 259 g/mol. The lowest BCUT2D eigenvalue weighted by Crippen LogP contribution is -2.18. The van der Waals surface area contributed by atoms with Crippen LogP contribution in [-0.4, -0.2) is 17.0 Å². The van der Waals surface area contributed by atoms with Crippen molar-refractivity contribution in [2.45, 2.75) is 6.54 Å². The SMILES string of the molecule is CNCc1ccc(-c2ccc([N+](=O)[O-])cc2)[nH]c1=O. The smallest absolute Gasteiger partial charge is 0.269 e. The first-order chi connectivity index (χ1) is 9.11. The fourth-order valence-electron chi connectivity index (χ4n) is 1.76. The van der Waals surface area contributed by atoms with Crippen LogP contribution in [0.15, 0.2) is 41.2 Å². The number of aromatic nitrogens is 1. The molecule has 2 rings (SSSR count). The summed E-state index contributed by atoms with van der Waals surface area (Å²) in [5.74, 6) is 0. The lowest BCUT2D eigenvalue weighted by Gasteiger charge is -2.04. The van der Waals surface area contributed by atoms with Crippen molar-refractivity contribution < 1.29 is 4.92 Å². The van der Waals surface area contributed by atoms with E-state index in [2.05, 4.69) is 10.3 Å². The number of nitro groups is 1.